The molecular formula is C15H18ClN3. The number of halogens is 1. The van der Waals surface area contributed by atoms with Crippen LogP contribution in [0.5, 0.6) is 0 Å². The van der Waals surface area contributed by atoms with E-state index in [0.29, 0.717) is 17.1 Å². The minimum atomic E-state index is 0.609. The third-order valence-corrected chi connectivity index (χ3v) is 4.80. The Labute approximate surface area is 119 Å². The molecular weight excluding hydrogens is 258 g/mol. The topological polar surface area (TPSA) is 30.3 Å². The van der Waals surface area contributed by atoms with Crippen molar-refractivity contribution in [3.63, 3.8) is 0 Å². The maximum atomic E-state index is 9.26. The summed E-state index contributed by atoms with van der Waals surface area (Å²) in [5, 5.41) is 9.97. The van der Waals surface area contributed by atoms with E-state index in [9.17, 15) is 5.26 Å². The number of anilines is 1. The van der Waals surface area contributed by atoms with Crippen molar-refractivity contribution in [2.24, 2.45) is 0 Å². The summed E-state index contributed by atoms with van der Waals surface area (Å²) in [5.41, 5.74) is 1.72. The highest BCUT2D eigenvalue weighted by molar-refractivity contribution is 6.30. The molecule has 0 spiro atoms. The van der Waals surface area contributed by atoms with Crippen LogP contribution in [0.15, 0.2) is 18.2 Å². The van der Waals surface area contributed by atoms with Crippen molar-refractivity contribution in [3.8, 4) is 6.07 Å². The molecule has 0 radical (unpaired) electrons. The fourth-order valence-corrected chi connectivity index (χ4v) is 3.55. The van der Waals surface area contributed by atoms with Crippen molar-refractivity contribution < 1.29 is 0 Å². The molecule has 3 rings (SSSR count). The molecule has 2 bridgehead atoms. The Morgan fingerprint density at radius 3 is 2.84 bits per heavy atom. The molecule has 0 N–H and O–H groups in total. The van der Waals surface area contributed by atoms with Gasteiger partial charge in [-0.1, -0.05) is 11.6 Å². The van der Waals surface area contributed by atoms with Crippen molar-refractivity contribution in [3.05, 3.63) is 28.8 Å². The van der Waals surface area contributed by atoms with Crippen LogP contribution in [0.2, 0.25) is 5.02 Å². The van der Waals surface area contributed by atoms with E-state index in [0.717, 1.165) is 24.3 Å². The number of hydrogen-bond donors (Lipinski definition) is 0. The first-order chi connectivity index (χ1) is 9.19. The molecule has 4 heteroatoms. The van der Waals surface area contributed by atoms with Gasteiger partial charge >= 0.3 is 0 Å². The molecule has 2 unspecified atom stereocenters. The Bertz CT molecular complexity index is 523. The number of likely N-dealkylation sites (N-methyl/N-ethyl adjacent to an activating group) is 1. The second kappa shape index (κ2) is 5.03. The van der Waals surface area contributed by atoms with Gasteiger partial charge in [0.05, 0.1) is 11.3 Å². The molecule has 0 amide bonds. The number of nitrogens with zero attached hydrogens (tertiary/aromatic N) is 3. The van der Waals surface area contributed by atoms with Crippen LogP contribution in [-0.4, -0.2) is 37.1 Å². The standard InChI is InChI=1S/C15H18ClN3/c1-18-13-4-5-14(18)10-19(7-6-13)15-8-12(16)3-2-11(15)9-17/h2-3,8,13-14H,4-7,10H2,1H3. The summed E-state index contributed by atoms with van der Waals surface area (Å²) in [4.78, 5) is 4.85. The monoisotopic (exact) mass is 275 g/mol. The highest BCUT2D eigenvalue weighted by atomic mass is 35.5. The van der Waals surface area contributed by atoms with Gasteiger partial charge in [0.2, 0.25) is 0 Å². The normalized spacial score (nSPS) is 27.1. The van der Waals surface area contributed by atoms with E-state index >= 15 is 0 Å². The van der Waals surface area contributed by atoms with Gasteiger partial charge in [0.25, 0.3) is 0 Å². The van der Waals surface area contributed by atoms with Gasteiger partial charge in [0, 0.05) is 30.2 Å². The molecule has 2 heterocycles. The Morgan fingerprint density at radius 1 is 1.26 bits per heavy atom. The molecule has 0 aliphatic carbocycles. The van der Waals surface area contributed by atoms with Crippen LogP contribution in [0.3, 0.4) is 0 Å². The second-order valence-electron chi connectivity index (χ2n) is 5.56. The van der Waals surface area contributed by atoms with E-state index in [1.54, 1.807) is 6.07 Å². The van der Waals surface area contributed by atoms with Gasteiger partial charge < -0.3 is 4.90 Å². The number of fused-ring (bicyclic) bond motifs is 2. The highest BCUT2D eigenvalue weighted by Gasteiger charge is 2.35. The summed E-state index contributed by atoms with van der Waals surface area (Å²) in [6, 6.07) is 9.14. The van der Waals surface area contributed by atoms with Gasteiger partial charge in [-0.05, 0) is 44.5 Å². The van der Waals surface area contributed by atoms with Gasteiger partial charge in [-0.3, -0.25) is 4.90 Å². The van der Waals surface area contributed by atoms with Gasteiger partial charge in [0.1, 0.15) is 6.07 Å². The lowest BCUT2D eigenvalue weighted by Crippen LogP contribution is -2.36. The predicted octanol–water partition coefficient (Wildman–Crippen LogP) is 2.88. The predicted molar refractivity (Wildman–Crippen MR) is 77.6 cm³/mol. The minimum absolute atomic E-state index is 0.609. The molecule has 3 nitrogen and oxygen atoms in total. The first-order valence-corrected chi connectivity index (χ1v) is 7.23. The average Bonchev–Trinajstić information content (AvgIpc) is 2.63. The van der Waals surface area contributed by atoms with Crippen LogP contribution in [0.1, 0.15) is 24.8 Å². The molecule has 2 aliphatic heterocycles. The highest BCUT2D eigenvalue weighted by Crippen LogP contribution is 2.32. The van der Waals surface area contributed by atoms with E-state index in [1.165, 1.54) is 19.3 Å². The summed E-state index contributed by atoms with van der Waals surface area (Å²) in [7, 11) is 2.23. The van der Waals surface area contributed by atoms with Crippen molar-refractivity contribution in [2.45, 2.75) is 31.3 Å². The van der Waals surface area contributed by atoms with Crippen molar-refractivity contribution in [2.75, 3.05) is 25.0 Å². The molecule has 2 saturated heterocycles. The van der Waals surface area contributed by atoms with E-state index in [4.69, 9.17) is 11.6 Å². The largest absolute Gasteiger partial charge is 0.369 e. The molecule has 0 aromatic heterocycles. The molecule has 0 saturated carbocycles. The van der Waals surface area contributed by atoms with Crippen molar-refractivity contribution in [1.82, 2.24) is 4.90 Å². The third kappa shape index (κ3) is 2.31. The van der Waals surface area contributed by atoms with E-state index in [-0.39, 0.29) is 0 Å². The van der Waals surface area contributed by atoms with Gasteiger partial charge in [-0.25, -0.2) is 0 Å². The molecule has 2 atom stereocenters. The van der Waals surface area contributed by atoms with Crippen LogP contribution in [0.25, 0.3) is 0 Å². The molecule has 2 fully saturated rings. The van der Waals surface area contributed by atoms with Gasteiger partial charge in [-0.15, -0.1) is 0 Å². The summed E-state index contributed by atoms with van der Waals surface area (Å²) >= 11 is 6.10. The van der Waals surface area contributed by atoms with Crippen LogP contribution >= 0.6 is 11.6 Å². The van der Waals surface area contributed by atoms with Gasteiger partial charge in [0.15, 0.2) is 0 Å². The van der Waals surface area contributed by atoms with Crippen molar-refractivity contribution in [1.29, 1.82) is 5.26 Å². The number of nitriles is 1. The van der Waals surface area contributed by atoms with Gasteiger partial charge in [-0.2, -0.15) is 5.26 Å². The van der Waals surface area contributed by atoms with E-state index in [2.05, 4.69) is 22.9 Å². The van der Waals surface area contributed by atoms with Crippen LogP contribution < -0.4 is 4.90 Å². The van der Waals surface area contributed by atoms with E-state index < -0.39 is 0 Å². The lowest BCUT2D eigenvalue weighted by Gasteiger charge is -2.28. The Balaban J connectivity index is 1.91. The van der Waals surface area contributed by atoms with E-state index in [1.807, 2.05) is 12.1 Å². The first kappa shape index (κ1) is 12.8. The summed E-state index contributed by atoms with van der Waals surface area (Å²) in [5.74, 6) is 0. The first-order valence-electron chi connectivity index (χ1n) is 6.85. The fraction of sp³-hybridized carbons (Fsp3) is 0.533. The summed E-state index contributed by atoms with van der Waals surface area (Å²) in [6.07, 6.45) is 3.75. The Morgan fingerprint density at radius 2 is 2.05 bits per heavy atom. The molecule has 1 aromatic rings. The molecule has 100 valence electrons. The second-order valence-corrected chi connectivity index (χ2v) is 5.99. The fourth-order valence-electron chi connectivity index (χ4n) is 3.39. The average molecular weight is 276 g/mol. The van der Waals surface area contributed by atoms with Crippen LogP contribution in [0.4, 0.5) is 5.69 Å². The summed E-state index contributed by atoms with van der Waals surface area (Å²) in [6.45, 7) is 2.02. The number of rotatable bonds is 1. The SMILES string of the molecule is CN1C2CCC1CN(c1cc(Cl)ccc1C#N)CC2. The zero-order valence-electron chi connectivity index (χ0n) is 11.1. The minimum Gasteiger partial charge on any atom is -0.369 e. The van der Waals surface area contributed by atoms with Crippen LogP contribution in [-0.2, 0) is 0 Å². The zero-order valence-corrected chi connectivity index (χ0v) is 11.9. The molecule has 1 aromatic carbocycles. The lowest BCUT2D eigenvalue weighted by atomic mass is 10.1. The maximum absolute atomic E-state index is 9.26. The smallest absolute Gasteiger partial charge is 0.101 e. The zero-order chi connectivity index (χ0) is 13.4. The number of benzene rings is 1. The third-order valence-electron chi connectivity index (χ3n) is 4.57. The van der Waals surface area contributed by atoms with Crippen molar-refractivity contribution >= 4 is 17.3 Å². The van der Waals surface area contributed by atoms with Crippen LogP contribution in [0, 0.1) is 11.3 Å². The number of hydrogen-bond acceptors (Lipinski definition) is 3. The summed E-state index contributed by atoms with van der Waals surface area (Å²) < 4.78 is 0. The quantitative estimate of drug-likeness (QED) is 0.789. The maximum Gasteiger partial charge on any atom is 0.101 e. The Kier molecular flexibility index (Phi) is 3.38. The molecule has 2 aliphatic rings. The Hall–Kier alpha value is -1.24. The lowest BCUT2D eigenvalue weighted by molar-refractivity contribution is 0.254. The molecule has 19 heavy (non-hydrogen) atoms.